The van der Waals surface area contributed by atoms with E-state index in [1.807, 2.05) is 0 Å². The summed E-state index contributed by atoms with van der Waals surface area (Å²) >= 11 is 3.33. The summed E-state index contributed by atoms with van der Waals surface area (Å²) in [5, 5.41) is 0. The highest BCUT2D eigenvalue weighted by atomic mass is 79.9. The maximum absolute atomic E-state index is 11.4. The van der Waals surface area contributed by atoms with Gasteiger partial charge in [0.05, 0.1) is 17.5 Å². The van der Waals surface area contributed by atoms with E-state index in [1.54, 1.807) is 25.3 Å². The minimum absolute atomic E-state index is 0.117. The Hall–Kier alpha value is -1.03. The number of ether oxygens (including phenoxy) is 2. The standard InChI is InChI=1S/C11H11BrO3/c1-14-10-5-4-8(6-9(10)12)15-11(13)7-2-3-7/h4-7H,2-3H2,1H3. The first-order chi connectivity index (χ1) is 7.20. The van der Waals surface area contributed by atoms with Gasteiger partial charge in [0.15, 0.2) is 0 Å². The summed E-state index contributed by atoms with van der Waals surface area (Å²) in [5.74, 6) is 1.26. The van der Waals surface area contributed by atoms with Crippen LogP contribution in [-0.4, -0.2) is 13.1 Å². The predicted octanol–water partition coefficient (Wildman–Crippen LogP) is 2.77. The van der Waals surface area contributed by atoms with Gasteiger partial charge in [-0.15, -0.1) is 0 Å². The van der Waals surface area contributed by atoms with Crippen molar-refractivity contribution in [2.45, 2.75) is 12.8 Å². The second kappa shape index (κ2) is 4.23. The van der Waals surface area contributed by atoms with Gasteiger partial charge in [0.25, 0.3) is 0 Å². The molecule has 4 heteroatoms. The quantitative estimate of drug-likeness (QED) is 0.626. The molecule has 0 N–H and O–H groups in total. The summed E-state index contributed by atoms with van der Waals surface area (Å²) in [6, 6.07) is 5.22. The fourth-order valence-electron chi connectivity index (χ4n) is 1.23. The lowest BCUT2D eigenvalue weighted by molar-refractivity contribution is -0.135. The van der Waals surface area contributed by atoms with E-state index in [9.17, 15) is 4.79 Å². The zero-order chi connectivity index (χ0) is 10.8. The molecule has 0 bridgehead atoms. The number of methoxy groups -OCH3 is 1. The highest BCUT2D eigenvalue weighted by molar-refractivity contribution is 9.10. The van der Waals surface area contributed by atoms with Crippen LogP contribution in [0.2, 0.25) is 0 Å². The highest BCUT2D eigenvalue weighted by Crippen LogP contribution is 2.33. The first-order valence-corrected chi connectivity index (χ1v) is 5.55. The van der Waals surface area contributed by atoms with Crippen molar-refractivity contribution in [2.24, 2.45) is 5.92 Å². The van der Waals surface area contributed by atoms with Crippen molar-refractivity contribution in [1.82, 2.24) is 0 Å². The van der Waals surface area contributed by atoms with E-state index in [1.165, 1.54) is 0 Å². The normalized spacial score (nSPS) is 14.8. The molecule has 0 spiro atoms. The molecule has 3 nitrogen and oxygen atoms in total. The maximum atomic E-state index is 11.4. The van der Waals surface area contributed by atoms with Crippen molar-refractivity contribution in [3.8, 4) is 11.5 Å². The molecule has 15 heavy (non-hydrogen) atoms. The number of rotatable bonds is 3. The molecule has 0 radical (unpaired) electrons. The molecular formula is C11H11BrO3. The van der Waals surface area contributed by atoms with Crippen LogP contribution in [0.1, 0.15) is 12.8 Å². The lowest BCUT2D eigenvalue weighted by Crippen LogP contribution is -2.09. The van der Waals surface area contributed by atoms with E-state index in [0.29, 0.717) is 5.75 Å². The van der Waals surface area contributed by atoms with Crippen molar-refractivity contribution in [3.63, 3.8) is 0 Å². The van der Waals surface area contributed by atoms with Gasteiger partial charge in [0.2, 0.25) is 0 Å². The van der Waals surface area contributed by atoms with Gasteiger partial charge in [-0.3, -0.25) is 4.79 Å². The van der Waals surface area contributed by atoms with Crippen molar-refractivity contribution in [1.29, 1.82) is 0 Å². The Morgan fingerprint density at radius 3 is 2.73 bits per heavy atom. The first kappa shape index (κ1) is 10.5. The predicted molar refractivity (Wildman–Crippen MR) is 59.1 cm³/mol. The Bertz CT molecular complexity index is 385. The van der Waals surface area contributed by atoms with Crippen LogP contribution in [0.25, 0.3) is 0 Å². The molecule has 0 saturated heterocycles. The third kappa shape index (κ3) is 2.50. The average Bonchev–Trinajstić information content (AvgIpc) is 3.01. The third-order valence-electron chi connectivity index (χ3n) is 2.25. The molecule has 0 heterocycles. The van der Waals surface area contributed by atoms with Crippen LogP contribution in [0.4, 0.5) is 0 Å². The minimum atomic E-state index is -0.132. The SMILES string of the molecule is COc1ccc(OC(=O)C2CC2)cc1Br. The van der Waals surface area contributed by atoms with Crippen molar-refractivity contribution < 1.29 is 14.3 Å². The molecule has 1 aromatic rings. The summed E-state index contributed by atoms with van der Waals surface area (Å²) in [7, 11) is 1.59. The van der Waals surface area contributed by atoms with Gasteiger partial charge in [-0.2, -0.15) is 0 Å². The molecule has 2 rings (SSSR count). The largest absolute Gasteiger partial charge is 0.496 e. The smallest absolute Gasteiger partial charge is 0.314 e. The Labute approximate surface area is 96.5 Å². The Morgan fingerprint density at radius 2 is 2.20 bits per heavy atom. The van der Waals surface area contributed by atoms with Crippen molar-refractivity contribution >= 4 is 21.9 Å². The number of hydrogen-bond acceptors (Lipinski definition) is 3. The molecular weight excluding hydrogens is 260 g/mol. The molecule has 0 aromatic heterocycles. The number of carbonyl (C=O) groups is 1. The van der Waals surface area contributed by atoms with Crippen molar-refractivity contribution in [2.75, 3.05) is 7.11 Å². The molecule has 0 amide bonds. The molecule has 1 fully saturated rings. The second-order valence-corrected chi connectivity index (χ2v) is 4.35. The number of halogens is 1. The maximum Gasteiger partial charge on any atom is 0.314 e. The van der Waals surface area contributed by atoms with Gasteiger partial charge in [-0.05, 0) is 47.0 Å². The van der Waals surface area contributed by atoms with Gasteiger partial charge in [-0.1, -0.05) is 0 Å². The molecule has 1 saturated carbocycles. The van der Waals surface area contributed by atoms with E-state index < -0.39 is 0 Å². The van der Waals surface area contributed by atoms with Gasteiger partial charge in [0, 0.05) is 0 Å². The van der Waals surface area contributed by atoms with E-state index in [2.05, 4.69) is 15.9 Å². The second-order valence-electron chi connectivity index (χ2n) is 3.49. The average molecular weight is 271 g/mol. The fraction of sp³-hybridized carbons (Fsp3) is 0.364. The first-order valence-electron chi connectivity index (χ1n) is 4.76. The van der Waals surface area contributed by atoms with Crippen LogP contribution in [-0.2, 0) is 4.79 Å². The van der Waals surface area contributed by atoms with Gasteiger partial charge in [-0.25, -0.2) is 0 Å². The Kier molecular flexibility index (Phi) is 2.95. The summed E-state index contributed by atoms with van der Waals surface area (Å²) in [4.78, 5) is 11.4. The summed E-state index contributed by atoms with van der Waals surface area (Å²) in [6.45, 7) is 0. The topological polar surface area (TPSA) is 35.5 Å². The van der Waals surface area contributed by atoms with Crippen molar-refractivity contribution in [3.05, 3.63) is 22.7 Å². The number of hydrogen-bond donors (Lipinski definition) is 0. The van der Waals surface area contributed by atoms with Gasteiger partial charge >= 0.3 is 5.97 Å². The van der Waals surface area contributed by atoms with E-state index in [-0.39, 0.29) is 11.9 Å². The van der Waals surface area contributed by atoms with E-state index in [0.717, 1.165) is 23.1 Å². The van der Waals surface area contributed by atoms with Crippen LogP contribution < -0.4 is 9.47 Å². The molecule has 0 aliphatic heterocycles. The molecule has 80 valence electrons. The zero-order valence-electron chi connectivity index (χ0n) is 8.33. The molecule has 0 atom stereocenters. The lowest BCUT2D eigenvalue weighted by Gasteiger charge is -2.06. The van der Waals surface area contributed by atoms with E-state index >= 15 is 0 Å². The zero-order valence-corrected chi connectivity index (χ0v) is 9.91. The van der Waals surface area contributed by atoms with Crippen LogP contribution in [0.5, 0.6) is 11.5 Å². The molecule has 1 aliphatic rings. The summed E-state index contributed by atoms with van der Waals surface area (Å²) in [5.41, 5.74) is 0. The fourth-order valence-corrected chi connectivity index (χ4v) is 1.75. The van der Waals surface area contributed by atoms with Crippen LogP contribution >= 0.6 is 15.9 Å². The summed E-state index contributed by atoms with van der Waals surface area (Å²) in [6.07, 6.45) is 1.91. The lowest BCUT2D eigenvalue weighted by atomic mass is 10.3. The number of esters is 1. The summed E-state index contributed by atoms with van der Waals surface area (Å²) < 4.78 is 11.1. The Morgan fingerprint density at radius 1 is 1.47 bits per heavy atom. The Balaban J connectivity index is 2.08. The highest BCUT2D eigenvalue weighted by Gasteiger charge is 2.31. The number of benzene rings is 1. The van der Waals surface area contributed by atoms with Crippen LogP contribution in [0, 0.1) is 5.92 Å². The third-order valence-corrected chi connectivity index (χ3v) is 2.87. The van der Waals surface area contributed by atoms with Gasteiger partial charge < -0.3 is 9.47 Å². The molecule has 1 aliphatic carbocycles. The molecule has 0 unspecified atom stereocenters. The monoisotopic (exact) mass is 270 g/mol. The van der Waals surface area contributed by atoms with E-state index in [4.69, 9.17) is 9.47 Å². The molecule has 1 aromatic carbocycles. The number of carbonyl (C=O) groups excluding carboxylic acids is 1. The van der Waals surface area contributed by atoms with Crippen LogP contribution in [0.3, 0.4) is 0 Å². The minimum Gasteiger partial charge on any atom is -0.496 e. The van der Waals surface area contributed by atoms with Gasteiger partial charge in [0.1, 0.15) is 11.5 Å². The van der Waals surface area contributed by atoms with Crippen LogP contribution in [0.15, 0.2) is 22.7 Å².